The summed E-state index contributed by atoms with van der Waals surface area (Å²) >= 11 is 0. The van der Waals surface area contributed by atoms with Crippen LogP contribution in [0.25, 0.3) is 0 Å². The molecule has 0 saturated heterocycles. The van der Waals surface area contributed by atoms with Crippen LogP contribution in [0.3, 0.4) is 0 Å². The van der Waals surface area contributed by atoms with Crippen molar-refractivity contribution < 1.29 is 23.5 Å². The number of benzene rings is 1. The van der Waals surface area contributed by atoms with Gasteiger partial charge in [-0.25, -0.2) is 0 Å². The molecule has 2 N–H and O–H groups in total. The quantitative estimate of drug-likeness (QED) is 0.710. The monoisotopic (exact) mass is 344 g/mol. The lowest BCUT2D eigenvalue weighted by Crippen LogP contribution is -2.36. The predicted octanol–water partition coefficient (Wildman–Crippen LogP) is 1.65. The second-order valence-electron chi connectivity index (χ2n) is 5.32. The minimum absolute atomic E-state index is 0.0389. The van der Waals surface area contributed by atoms with Crippen molar-refractivity contribution in [3.05, 3.63) is 60.1 Å². The lowest BCUT2D eigenvalue weighted by molar-refractivity contribution is -0.154. The number of ether oxygens (including phenoxy) is 1. The lowest BCUT2D eigenvalue weighted by atomic mass is 10.2. The smallest absolute Gasteiger partial charge is 0.308 e. The first kappa shape index (κ1) is 18.3. The van der Waals surface area contributed by atoms with E-state index in [1.807, 2.05) is 30.3 Å². The fourth-order valence-corrected chi connectivity index (χ4v) is 2.01. The van der Waals surface area contributed by atoms with Gasteiger partial charge in [-0.05, 0) is 24.6 Å². The van der Waals surface area contributed by atoms with Crippen molar-refractivity contribution in [2.24, 2.45) is 0 Å². The standard InChI is InChI=1S/C18H20N2O5/c1-13(17(22)20-12-14-6-3-2-4-7-14)25-16(21)9-10-19-18(23)15-8-5-11-24-15/h2-8,11,13H,9-10,12H2,1H3,(H,19,23)(H,20,22)/t13-/m0/s1. The van der Waals surface area contributed by atoms with Crippen LogP contribution in [0.15, 0.2) is 53.1 Å². The Hall–Kier alpha value is -3.09. The van der Waals surface area contributed by atoms with E-state index in [0.29, 0.717) is 6.54 Å². The molecule has 0 bridgehead atoms. The summed E-state index contributed by atoms with van der Waals surface area (Å²) in [6, 6.07) is 12.5. The third-order valence-electron chi connectivity index (χ3n) is 3.35. The van der Waals surface area contributed by atoms with Gasteiger partial charge in [0, 0.05) is 13.1 Å². The molecule has 0 aliphatic carbocycles. The molecule has 2 aromatic rings. The Balaban J connectivity index is 1.65. The first-order valence-electron chi connectivity index (χ1n) is 7.89. The summed E-state index contributed by atoms with van der Waals surface area (Å²) in [4.78, 5) is 35.3. The highest BCUT2D eigenvalue weighted by Gasteiger charge is 2.17. The molecule has 1 aromatic heterocycles. The van der Waals surface area contributed by atoms with Crippen molar-refractivity contribution in [1.82, 2.24) is 10.6 Å². The zero-order chi connectivity index (χ0) is 18.1. The number of rotatable bonds is 8. The van der Waals surface area contributed by atoms with Gasteiger partial charge in [0.25, 0.3) is 11.8 Å². The maximum atomic E-state index is 11.9. The molecule has 1 atom stereocenters. The van der Waals surface area contributed by atoms with Gasteiger partial charge in [0.2, 0.25) is 0 Å². The van der Waals surface area contributed by atoms with Gasteiger partial charge in [0.15, 0.2) is 11.9 Å². The van der Waals surface area contributed by atoms with Crippen molar-refractivity contribution in [3.63, 3.8) is 0 Å². The van der Waals surface area contributed by atoms with Gasteiger partial charge in [0.1, 0.15) is 0 Å². The van der Waals surface area contributed by atoms with Crippen LogP contribution in [0.4, 0.5) is 0 Å². The second kappa shape index (κ2) is 9.27. The first-order chi connectivity index (χ1) is 12.1. The molecule has 7 heteroatoms. The van der Waals surface area contributed by atoms with Crippen LogP contribution in [-0.2, 0) is 20.9 Å². The number of hydrogen-bond acceptors (Lipinski definition) is 5. The SMILES string of the molecule is C[C@H](OC(=O)CCNC(=O)c1ccco1)C(=O)NCc1ccccc1. The van der Waals surface area contributed by atoms with Crippen molar-refractivity contribution >= 4 is 17.8 Å². The van der Waals surface area contributed by atoms with Crippen LogP contribution in [0.2, 0.25) is 0 Å². The van der Waals surface area contributed by atoms with Crippen LogP contribution in [-0.4, -0.2) is 30.4 Å². The predicted molar refractivity (Wildman–Crippen MR) is 89.5 cm³/mol. The molecule has 25 heavy (non-hydrogen) atoms. The van der Waals surface area contributed by atoms with Crippen LogP contribution in [0.1, 0.15) is 29.5 Å². The number of carbonyl (C=O) groups is 3. The highest BCUT2D eigenvalue weighted by Crippen LogP contribution is 2.01. The topological polar surface area (TPSA) is 97.6 Å². The molecule has 0 aliphatic rings. The van der Waals surface area contributed by atoms with Crippen LogP contribution >= 0.6 is 0 Å². The van der Waals surface area contributed by atoms with Gasteiger partial charge in [-0.1, -0.05) is 30.3 Å². The van der Waals surface area contributed by atoms with Crippen LogP contribution in [0, 0.1) is 0 Å². The van der Waals surface area contributed by atoms with Gasteiger partial charge in [-0.2, -0.15) is 0 Å². The van der Waals surface area contributed by atoms with E-state index >= 15 is 0 Å². The third kappa shape index (κ3) is 6.14. The van der Waals surface area contributed by atoms with E-state index in [-0.39, 0.29) is 24.6 Å². The van der Waals surface area contributed by atoms with E-state index in [1.54, 1.807) is 6.07 Å². The molecule has 0 fully saturated rings. The zero-order valence-corrected chi connectivity index (χ0v) is 13.9. The van der Waals surface area contributed by atoms with Gasteiger partial charge >= 0.3 is 5.97 Å². The Bertz CT molecular complexity index is 698. The lowest BCUT2D eigenvalue weighted by Gasteiger charge is -2.13. The van der Waals surface area contributed by atoms with Crippen LogP contribution in [0.5, 0.6) is 0 Å². The minimum Gasteiger partial charge on any atom is -0.459 e. The number of carbonyl (C=O) groups excluding carboxylic acids is 3. The molecule has 7 nitrogen and oxygen atoms in total. The molecule has 132 valence electrons. The van der Waals surface area contributed by atoms with Crippen molar-refractivity contribution in [1.29, 1.82) is 0 Å². The highest BCUT2D eigenvalue weighted by molar-refractivity contribution is 5.91. The molecule has 0 aliphatic heterocycles. The second-order valence-corrected chi connectivity index (χ2v) is 5.32. The van der Waals surface area contributed by atoms with E-state index in [4.69, 9.17) is 9.15 Å². The van der Waals surface area contributed by atoms with Crippen molar-refractivity contribution in [2.75, 3.05) is 6.54 Å². The summed E-state index contributed by atoms with van der Waals surface area (Å²) in [6.07, 6.45) is 0.443. The van der Waals surface area contributed by atoms with E-state index in [0.717, 1.165) is 5.56 Å². The number of furan rings is 1. The van der Waals surface area contributed by atoms with Gasteiger partial charge in [-0.15, -0.1) is 0 Å². The summed E-state index contributed by atoms with van der Waals surface area (Å²) in [7, 11) is 0. The molecular formula is C18H20N2O5. The number of esters is 1. The van der Waals surface area contributed by atoms with Crippen LogP contribution < -0.4 is 10.6 Å². The van der Waals surface area contributed by atoms with E-state index in [1.165, 1.54) is 19.3 Å². The summed E-state index contributed by atoms with van der Waals surface area (Å²) in [5, 5.41) is 5.23. The number of hydrogen-bond donors (Lipinski definition) is 2. The molecule has 1 aromatic carbocycles. The molecule has 0 saturated carbocycles. The van der Waals surface area contributed by atoms with Gasteiger partial charge in [0.05, 0.1) is 12.7 Å². The Kier molecular flexibility index (Phi) is 6.76. The third-order valence-corrected chi connectivity index (χ3v) is 3.35. The van der Waals surface area contributed by atoms with Gasteiger partial charge in [-0.3, -0.25) is 14.4 Å². The molecule has 0 spiro atoms. The fraction of sp³-hybridized carbons (Fsp3) is 0.278. The highest BCUT2D eigenvalue weighted by atomic mass is 16.5. The zero-order valence-electron chi connectivity index (χ0n) is 13.9. The normalized spacial score (nSPS) is 11.4. The molecule has 1 heterocycles. The van der Waals surface area contributed by atoms with Gasteiger partial charge < -0.3 is 19.8 Å². The fourth-order valence-electron chi connectivity index (χ4n) is 2.01. The number of nitrogens with one attached hydrogen (secondary N) is 2. The molecular weight excluding hydrogens is 324 g/mol. The molecule has 2 rings (SSSR count). The average Bonchev–Trinajstić information content (AvgIpc) is 3.15. The summed E-state index contributed by atoms with van der Waals surface area (Å²) < 4.78 is 9.98. The Morgan fingerprint density at radius 1 is 1.08 bits per heavy atom. The van der Waals surface area contributed by atoms with E-state index in [2.05, 4.69) is 10.6 Å². The summed E-state index contributed by atoms with van der Waals surface area (Å²) in [5.74, 6) is -1.19. The molecule has 0 radical (unpaired) electrons. The Morgan fingerprint density at radius 3 is 2.52 bits per heavy atom. The maximum Gasteiger partial charge on any atom is 0.308 e. The molecule has 2 amide bonds. The molecule has 0 unspecified atom stereocenters. The first-order valence-corrected chi connectivity index (χ1v) is 7.89. The van der Waals surface area contributed by atoms with Crippen molar-refractivity contribution in [2.45, 2.75) is 26.0 Å². The number of amides is 2. The minimum atomic E-state index is -0.906. The maximum absolute atomic E-state index is 11.9. The summed E-state index contributed by atoms with van der Waals surface area (Å²) in [6.45, 7) is 1.96. The van der Waals surface area contributed by atoms with E-state index < -0.39 is 18.0 Å². The van der Waals surface area contributed by atoms with E-state index in [9.17, 15) is 14.4 Å². The average molecular weight is 344 g/mol. The largest absolute Gasteiger partial charge is 0.459 e. The Labute approximate surface area is 145 Å². The van der Waals surface area contributed by atoms with Crippen molar-refractivity contribution in [3.8, 4) is 0 Å². The Morgan fingerprint density at radius 2 is 1.84 bits per heavy atom. The summed E-state index contributed by atoms with van der Waals surface area (Å²) in [5.41, 5.74) is 0.954.